The highest BCUT2D eigenvalue weighted by molar-refractivity contribution is 5.80. The summed E-state index contributed by atoms with van der Waals surface area (Å²) in [6.45, 7) is 0.425. The van der Waals surface area contributed by atoms with Crippen LogP contribution >= 0.6 is 0 Å². The summed E-state index contributed by atoms with van der Waals surface area (Å²) >= 11 is 0. The normalized spacial score (nSPS) is 28.7. The van der Waals surface area contributed by atoms with Gasteiger partial charge in [0.15, 0.2) is 5.96 Å². The Morgan fingerprint density at radius 3 is 2.90 bits per heavy atom. The first kappa shape index (κ1) is 13.4. The number of fused-ring (bicyclic) bond motifs is 2. The van der Waals surface area contributed by atoms with Crippen molar-refractivity contribution < 1.29 is 9.13 Å². The van der Waals surface area contributed by atoms with E-state index < -0.39 is 0 Å². The Morgan fingerprint density at radius 2 is 2.25 bits per heavy atom. The van der Waals surface area contributed by atoms with Crippen LogP contribution in [-0.4, -0.2) is 31.3 Å². The van der Waals surface area contributed by atoms with Crippen molar-refractivity contribution in [3.05, 3.63) is 35.6 Å². The molecule has 108 valence electrons. The molecule has 0 radical (unpaired) electrons. The molecule has 2 N–H and O–H groups in total. The van der Waals surface area contributed by atoms with E-state index in [0.29, 0.717) is 36.3 Å². The first-order chi connectivity index (χ1) is 9.76. The maximum Gasteiger partial charge on any atom is 0.191 e. The minimum absolute atomic E-state index is 0.196. The molecule has 20 heavy (non-hydrogen) atoms. The lowest BCUT2D eigenvalue weighted by atomic mass is 9.96. The molecular weight excluding hydrogens is 257 g/mol. The van der Waals surface area contributed by atoms with Crippen LogP contribution < -0.4 is 10.6 Å². The fourth-order valence-corrected chi connectivity index (χ4v) is 2.98. The second kappa shape index (κ2) is 5.79. The Labute approximate surface area is 118 Å². The van der Waals surface area contributed by atoms with E-state index in [1.165, 1.54) is 12.5 Å². The van der Waals surface area contributed by atoms with Gasteiger partial charge in [0.1, 0.15) is 5.82 Å². The zero-order valence-corrected chi connectivity index (χ0v) is 11.6. The fraction of sp³-hybridized carbons (Fsp3) is 0.533. The zero-order valence-electron chi connectivity index (χ0n) is 11.6. The second-order valence-electron chi connectivity index (χ2n) is 5.38. The van der Waals surface area contributed by atoms with Gasteiger partial charge in [0.2, 0.25) is 0 Å². The molecule has 2 saturated heterocycles. The summed E-state index contributed by atoms with van der Waals surface area (Å²) in [5, 5.41) is 6.53. The van der Waals surface area contributed by atoms with Crippen LogP contribution in [0.2, 0.25) is 0 Å². The van der Waals surface area contributed by atoms with Crippen molar-refractivity contribution in [2.45, 2.75) is 44.1 Å². The number of nitrogens with zero attached hydrogens (tertiary/aromatic N) is 1. The largest absolute Gasteiger partial charge is 0.373 e. The first-order valence-corrected chi connectivity index (χ1v) is 7.12. The molecule has 2 aliphatic heterocycles. The number of aliphatic imine (C=N–C) groups is 1. The SMILES string of the molecule is CN=C(NCc1ccccc1F)NC1CC2CCC1O2. The minimum atomic E-state index is -0.196. The number of guanidine groups is 1. The van der Waals surface area contributed by atoms with Crippen molar-refractivity contribution in [1.82, 2.24) is 10.6 Å². The molecule has 2 aliphatic rings. The highest BCUT2D eigenvalue weighted by atomic mass is 19.1. The number of halogens is 1. The highest BCUT2D eigenvalue weighted by Crippen LogP contribution is 2.34. The first-order valence-electron chi connectivity index (χ1n) is 7.12. The van der Waals surface area contributed by atoms with E-state index in [0.717, 1.165) is 12.8 Å². The molecule has 0 amide bonds. The van der Waals surface area contributed by atoms with E-state index in [9.17, 15) is 4.39 Å². The number of hydrogen-bond donors (Lipinski definition) is 2. The average Bonchev–Trinajstić information content (AvgIpc) is 3.07. The monoisotopic (exact) mass is 277 g/mol. The molecule has 5 heteroatoms. The zero-order chi connectivity index (χ0) is 13.9. The molecule has 1 aromatic rings. The van der Waals surface area contributed by atoms with Crippen molar-refractivity contribution in [2.24, 2.45) is 4.99 Å². The molecule has 2 bridgehead atoms. The predicted octanol–water partition coefficient (Wildman–Crippen LogP) is 1.81. The van der Waals surface area contributed by atoms with E-state index >= 15 is 0 Å². The number of benzene rings is 1. The van der Waals surface area contributed by atoms with Gasteiger partial charge in [-0.3, -0.25) is 4.99 Å². The number of ether oxygens (including phenoxy) is 1. The number of nitrogens with one attached hydrogen (secondary N) is 2. The molecular formula is C15H20FN3O. The highest BCUT2D eigenvalue weighted by Gasteiger charge is 2.41. The lowest BCUT2D eigenvalue weighted by molar-refractivity contribution is 0.0992. The summed E-state index contributed by atoms with van der Waals surface area (Å²) in [6, 6.07) is 7.09. The minimum Gasteiger partial charge on any atom is -0.373 e. The van der Waals surface area contributed by atoms with Crippen molar-refractivity contribution in [2.75, 3.05) is 7.05 Å². The maximum atomic E-state index is 13.6. The lowest BCUT2D eigenvalue weighted by Gasteiger charge is -2.22. The quantitative estimate of drug-likeness (QED) is 0.654. The lowest BCUT2D eigenvalue weighted by Crippen LogP contribution is -2.47. The fourth-order valence-electron chi connectivity index (χ4n) is 2.98. The molecule has 0 aliphatic carbocycles. The third-order valence-corrected chi connectivity index (χ3v) is 4.06. The second-order valence-corrected chi connectivity index (χ2v) is 5.38. The van der Waals surface area contributed by atoms with Gasteiger partial charge in [-0.15, -0.1) is 0 Å². The van der Waals surface area contributed by atoms with E-state index in [-0.39, 0.29) is 5.82 Å². The van der Waals surface area contributed by atoms with Crippen LogP contribution in [0.25, 0.3) is 0 Å². The number of hydrogen-bond acceptors (Lipinski definition) is 2. The molecule has 0 saturated carbocycles. The molecule has 4 nitrogen and oxygen atoms in total. The molecule has 3 rings (SSSR count). The standard InChI is InChI=1S/C15H20FN3O/c1-17-15(18-9-10-4-2-3-5-12(10)16)19-13-8-11-6-7-14(13)20-11/h2-5,11,13-14H,6-9H2,1H3,(H2,17,18,19). The molecule has 2 heterocycles. The molecule has 3 atom stereocenters. The van der Waals surface area contributed by atoms with Gasteiger partial charge in [-0.2, -0.15) is 0 Å². The topological polar surface area (TPSA) is 45.7 Å². The van der Waals surface area contributed by atoms with E-state index in [1.54, 1.807) is 19.2 Å². The van der Waals surface area contributed by atoms with Crippen molar-refractivity contribution in [3.8, 4) is 0 Å². The Balaban J connectivity index is 1.54. The predicted molar refractivity (Wildman–Crippen MR) is 76.0 cm³/mol. The van der Waals surface area contributed by atoms with E-state index in [4.69, 9.17) is 4.74 Å². The van der Waals surface area contributed by atoms with Gasteiger partial charge in [0.25, 0.3) is 0 Å². The summed E-state index contributed by atoms with van der Waals surface area (Å²) in [5.41, 5.74) is 0.639. The third-order valence-electron chi connectivity index (χ3n) is 4.06. The Morgan fingerprint density at radius 1 is 1.40 bits per heavy atom. The van der Waals surface area contributed by atoms with Gasteiger partial charge >= 0.3 is 0 Å². The van der Waals surface area contributed by atoms with Crippen LogP contribution in [0.3, 0.4) is 0 Å². The summed E-state index contributed by atoms with van der Waals surface area (Å²) in [5.74, 6) is 0.508. The van der Waals surface area contributed by atoms with Crippen molar-refractivity contribution in [3.63, 3.8) is 0 Å². The third kappa shape index (κ3) is 2.77. The van der Waals surface area contributed by atoms with Crippen LogP contribution in [0.1, 0.15) is 24.8 Å². The average molecular weight is 277 g/mol. The summed E-state index contributed by atoms with van der Waals surface area (Å²) < 4.78 is 19.4. The van der Waals surface area contributed by atoms with Gasteiger partial charge in [0, 0.05) is 19.2 Å². The van der Waals surface area contributed by atoms with Crippen LogP contribution in [0.15, 0.2) is 29.3 Å². The van der Waals surface area contributed by atoms with Gasteiger partial charge in [-0.05, 0) is 25.3 Å². The Hall–Kier alpha value is -1.62. The van der Waals surface area contributed by atoms with Crippen molar-refractivity contribution >= 4 is 5.96 Å². The Kier molecular flexibility index (Phi) is 3.87. The summed E-state index contributed by atoms with van der Waals surface area (Å²) in [6.07, 6.45) is 4.02. The molecule has 0 aromatic heterocycles. The van der Waals surface area contributed by atoms with Crippen LogP contribution in [-0.2, 0) is 11.3 Å². The number of rotatable bonds is 3. The molecule has 1 aromatic carbocycles. The smallest absolute Gasteiger partial charge is 0.191 e. The van der Waals surface area contributed by atoms with Gasteiger partial charge < -0.3 is 15.4 Å². The van der Waals surface area contributed by atoms with Crippen LogP contribution in [0, 0.1) is 5.82 Å². The Bertz CT molecular complexity index is 506. The van der Waals surface area contributed by atoms with Gasteiger partial charge in [-0.1, -0.05) is 18.2 Å². The van der Waals surface area contributed by atoms with Crippen molar-refractivity contribution in [1.29, 1.82) is 0 Å². The molecule has 3 unspecified atom stereocenters. The maximum absolute atomic E-state index is 13.6. The summed E-state index contributed by atoms with van der Waals surface area (Å²) in [4.78, 5) is 4.20. The van der Waals surface area contributed by atoms with Gasteiger partial charge in [-0.25, -0.2) is 4.39 Å². The van der Waals surface area contributed by atoms with Crippen LogP contribution in [0.4, 0.5) is 4.39 Å². The molecule has 2 fully saturated rings. The van der Waals surface area contributed by atoms with E-state index in [1.807, 2.05) is 6.07 Å². The molecule has 0 spiro atoms. The summed E-state index contributed by atoms with van der Waals surface area (Å²) in [7, 11) is 1.73. The van der Waals surface area contributed by atoms with E-state index in [2.05, 4.69) is 15.6 Å². The van der Waals surface area contributed by atoms with Crippen LogP contribution in [0.5, 0.6) is 0 Å². The van der Waals surface area contributed by atoms with Gasteiger partial charge in [0.05, 0.1) is 18.2 Å².